The lowest BCUT2D eigenvalue weighted by Gasteiger charge is -2.14. The molecule has 0 unspecified atom stereocenters. The average Bonchev–Trinajstić information content (AvgIpc) is 3.02. The number of carbonyl (C=O) groups excluding carboxylic acids is 1. The van der Waals surface area contributed by atoms with Crippen molar-refractivity contribution in [2.24, 2.45) is 0 Å². The number of fused-ring (bicyclic) bond motifs is 2. The molecule has 0 atom stereocenters. The molecular weight excluding hydrogens is 554 g/mol. The third-order valence-electron chi connectivity index (χ3n) is 6.81. The summed E-state index contributed by atoms with van der Waals surface area (Å²) in [7, 11) is 3.14. The van der Waals surface area contributed by atoms with Gasteiger partial charge in [-0.1, -0.05) is 23.7 Å². The smallest absolute Gasteiger partial charge is 0.261 e. The van der Waals surface area contributed by atoms with E-state index < -0.39 is 5.91 Å². The van der Waals surface area contributed by atoms with Gasteiger partial charge in [-0.2, -0.15) is 0 Å². The molecule has 0 aliphatic carbocycles. The molecule has 0 saturated heterocycles. The Hall–Kier alpha value is -5.34. The number of pyridine rings is 2. The highest BCUT2D eigenvalue weighted by atomic mass is 35.5. The van der Waals surface area contributed by atoms with Gasteiger partial charge in [0.15, 0.2) is 11.5 Å². The normalized spacial score (nSPS) is 10.9. The van der Waals surface area contributed by atoms with Crippen LogP contribution in [-0.4, -0.2) is 29.7 Å². The Balaban J connectivity index is 1.27. The van der Waals surface area contributed by atoms with Gasteiger partial charge in [0.2, 0.25) is 5.43 Å². The number of nitrogens with zero attached hydrogens (tertiary/aromatic N) is 2. The molecule has 0 aliphatic rings. The first kappa shape index (κ1) is 26.9. The molecule has 42 heavy (non-hydrogen) atoms. The van der Waals surface area contributed by atoms with Gasteiger partial charge in [0.05, 0.1) is 25.3 Å². The lowest BCUT2D eigenvalue weighted by Crippen LogP contribution is -2.23. The molecule has 0 aliphatic heterocycles. The maximum Gasteiger partial charge on any atom is 0.261 e. The predicted octanol–water partition coefficient (Wildman–Crippen LogP) is 7.25. The van der Waals surface area contributed by atoms with E-state index >= 15 is 0 Å². The number of hydrogen-bond donors (Lipinski definition) is 1. The van der Waals surface area contributed by atoms with Crippen LogP contribution in [0.25, 0.3) is 27.5 Å². The Bertz CT molecular complexity index is 2000. The minimum Gasteiger partial charge on any atom is -0.493 e. The van der Waals surface area contributed by atoms with Crippen LogP contribution in [0.4, 0.5) is 5.69 Å². The molecule has 0 saturated carbocycles. The quantitative estimate of drug-likeness (QED) is 0.215. The zero-order valence-electron chi connectivity index (χ0n) is 22.6. The molecule has 6 aromatic rings. The molecule has 0 spiro atoms. The number of aromatic nitrogens is 2. The molecule has 0 bridgehead atoms. The number of rotatable bonds is 7. The number of hydrogen-bond acceptors (Lipinski definition) is 6. The minimum absolute atomic E-state index is 0.0107. The van der Waals surface area contributed by atoms with Crippen LogP contribution in [0.1, 0.15) is 10.4 Å². The lowest BCUT2D eigenvalue weighted by molar-refractivity contribution is 0.102. The molecule has 4 aromatic carbocycles. The predicted molar refractivity (Wildman–Crippen MR) is 164 cm³/mol. The first-order valence-corrected chi connectivity index (χ1v) is 13.3. The number of ether oxygens (including phenoxy) is 3. The van der Waals surface area contributed by atoms with E-state index in [2.05, 4.69) is 10.3 Å². The van der Waals surface area contributed by atoms with Gasteiger partial charge in [-0.05, 0) is 72.8 Å². The van der Waals surface area contributed by atoms with Gasteiger partial charge in [0.1, 0.15) is 17.1 Å². The van der Waals surface area contributed by atoms with Crippen LogP contribution in [0.5, 0.6) is 23.0 Å². The van der Waals surface area contributed by atoms with Gasteiger partial charge in [-0.15, -0.1) is 0 Å². The number of nitrogens with one attached hydrogen (secondary N) is 1. The van der Waals surface area contributed by atoms with E-state index in [4.69, 9.17) is 25.8 Å². The van der Waals surface area contributed by atoms with Crippen LogP contribution in [0, 0.1) is 0 Å². The second kappa shape index (κ2) is 11.3. The highest BCUT2D eigenvalue weighted by Crippen LogP contribution is 2.37. The number of benzene rings is 4. The van der Waals surface area contributed by atoms with Crippen molar-refractivity contribution >= 4 is 45.0 Å². The fourth-order valence-electron chi connectivity index (χ4n) is 4.72. The summed E-state index contributed by atoms with van der Waals surface area (Å²) in [6.45, 7) is 0. The summed E-state index contributed by atoms with van der Waals surface area (Å²) in [4.78, 5) is 31.1. The lowest BCUT2D eigenvalue weighted by atomic mass is 10.1. The number of amides is 1. The molecule has 0 radical (unpaired) electrons. The summed E-state index contributed by atoms with van der Waals surface area (Å²) in [5, 5.41) is 4.60. The number of anilines is 1. The molecule has 9 heteroatoms. The van der Waals surface area contributed by atoms with Crippen LogP contribution in [0.15, 0.2) is 108 Å². The molecule has 208 valence electrons. The van der Waals surface area contributed by atoms with Crippen molar-refractivity contribution < 1.29 is 19.0 Å². The second-order valence-electron chi connectivity index (χ2n) is 9.35. The topological polar surface area (TPSA) is 91.7 Å². The van der Waals surface area contributed by atoms with E-state index in [9.17, 15) is 9.59 Å². The van der Waals surface area contributed by atoms with Crippen LogP contribution >= 0.6 is 11.6 Å². The monoisotopic (exact) mass is 577 g/mol. The average molecular weight is 578 g/mol. The fourth-order valence-corrected chi connectivity index (χ4v) is 4.85. The zero-order chi connectivity index (χ0) is 29.2. The largest absolute Gasteiger partial charge is 0.493 e. The Morgan fingerprint density at radius 3 is 2.29 bits per heavy atom. The molecule has 1 N–H and O–H groups in total. The van der Waals surface area contributed by atoms with E-state index in [0.29, 0.717) is 50.1 Å². The number of halogens is 1. The standard InChI is InChI=1S/C33H24ClN3O5/c1-40-30-17-25-27(18-31(30)41-2)35-16-15-29(25)42-23-13-9-21(10-14-23)36-33(39)26-19-37(22-11-7-20(34)8-12-22)28-6-4-3-5-24(28)32(26)38/h3-19H,1-2H3,(H,36,39). The van der Waals surface area contributed by atoms with Gasteiger partial charge in [0.25, 0.3) is 5.91 Å². The zero-order valence-corrected chi connectivity index (χ0v) is 23.4. The van der Waals surface area contributed by atoms with Gasteiger partial charge < -0.3 is 24.1 Å². The van der Waals surface area contributed by atoms with Crippen LogP contribution in [0.3, 0.4) is 0 Å². The third kappa shape index (κ3) is 5.11. The molecule has 0 fully saturated rings. The van der Waals surface area contributed by atoms with Crippen LogP contribution in [-0.2, 0) is 0 Å². The van der Waals surface area contributed by atoms with Crippen molar-refractivity contribution in [1.29, 1.82) is 0 Å². The van der Waals surface area contributed by atoms with Gasteiger partial charge >= 0.3 is 0 Å². The Labute approximate surface area is 245 Å². The Kier molecular flexibility index (Phi) is 7.21. The molecule has 1 amide bonds. The number of para-hydroxylation sites is 1. The highest BCUT2D eigenvalue weighted by Gasteiger charge is 2.17. The summed E-state index contributed by atoms with van der Waals surface area (Å²) in [6, 6.07) is 26.6. The number of methoxy groups -OCH3 is 2. The van der Waals surface area contributed by atoms with Gasteiger partial charge in [-0.3, -0.25) is 14.6 Å². The minimum atomic E-state index is -0.525. The van der Waals surface area contributed by atoms with Crippen molar-refractivity contribution in [1.82, 2.24) is 9.55 Å². The van der Waals surface area contributed by atoms with Crippen molar-refractivity contribution in [3.05, 3.63) is 124 Å². The molecule has 2 heterocycles. The first-order chi connectivity index (χ1) is 20.4. The van der Waals surface area contributed by atoms with E-state index in [1.807, 2.05) is 34.9 Å². The fraction of sp³-hybridized carbons (Fsp3) is 0.0606. The first-order valence-electron chi connectivity index (χ1n) is 13.0. The molecule has 8 nitrogen and oxygen atoms in total. The molecular formula is C33H24ClN3O5. The Morgan fingerprint density at radius 1 is 0.833 bits per heavy atom. The van der Waals surface area contributed by atoms with Crippen LogP contribution < -0.4 is 25.0 Å². The maximum atomic E-state index is 13.3. The van der Waals surface area contributed by atoms with Gasteiger partial charge in [-0.25, -0.2) is 0 Å². The van der Waals surface area contributed by atoms with Crippen molar-refractivity contribution in [3.63, 3.8) is 0 Å². The summed E-state index contributed by atoms with van der Waals surface area (Å²) in [5.74, 6) is 1.73. The van der Waals surface area contributed by atoms with Crippen molar-refractivity contribution in [2.45, 2.75) is 0 Å². The van der Waals surface area contributed by atoms with E-state index in [1.54, 1.807) is 87.3 Å². The van der Waals surface area contributed by atoms with Gasteiger partial charge in [0, 0.05) is 45.6 Å². The van der Waals surface area contributed by atoms with E-state index in [-0.39, 0.29) is 11.0 Å². The molecule has 6 rings (SSSR count). The summed E-state index contributed by atoms with van der Waals surface area (Å²) < 4.78 is 18.8. The SMILES string of the molecule is COc1cc2nccc(Oc3ccc(NC(=O)c4cn(-c5ccc(Cl)cc5)c5ccccc5c4=O)cc3)c2cc1OC. The Morgan fingerprint density at radius 2 is 1.55 bits per heavy atom. The highest BCUT2D eigenvalue weighted by molar-refractivity contribution is 6.30. The van der Waals surface area contributed by atoms with Crippen molar-refractivity contribution in [3.8, 4) is 28.7 Å². The third-order valence-corrected chi connectivity index (χ3v) is 7.06. The van der Waals surface area contributed by atoms with Crippen LogP contribution in [0.2, 0.25) is 5.02 Å². The van der Waals surface area contributed by atoms with E-state index in [0.717, 1.165) is 11.1 Å². The summed E-state index contributed by atoms with van der Waals surface area (Å²) in [5.41, 5.74) is 2.30. The summed E-state index contributed by atoms with van der Waals surface area (Å²) >= 11 is 6.08. The number of carbonyl (C=O) groups is 1. The molecule has 2 aromatic heterocycles. The summed E-state index contributed by atoms with van der Waals surface area (Å²) in [6.07, 6.45) is 3.21. The van der Waals surface area contributed by atoms with Crippen molar-refractivity contribution in [2.75, 3.05) is 19.5 Å². The van der Waals surface area contributed by atoms with E-state index in [1.165, 1.54) is 0 Å². The maximum absolute atomic E-state index is 13.3. The second-order valence-corrected chi connectivity index (χ2v) is 9.79.